The van der Waals surface area contributed by atoms with Gasteiger partial charge in [0, 0.05) is 28.7 Å². The van der Waals surface area contributed by atoms with Crippen LogP contribution in [0.25, 0.3) is 11.1 Å². The van der Waals surface area contributed by atoms with Crippen LogP contribution in [0.2, 0.25) is 0 Å². The lowest BCUT2D eigenvalue weighted by Gasteiger charge is -2.32. The number of aromatic hydroxyl groups is 3. The van der Waals surface area contributed by atoms with E-state index >= 15 is 9.59 Å². The fraction of sp³-hybridized carbons (Fsp3) is 0.345. The van der Waals surface area contributed by atoms with Gasteiger partial charge in [0.2, 0.25) is 41.4 Å². The average Bonchev–Trinajstić information content (AvgIpc) is 3.48. The van der Waals surface area contributed by atoms with Crippen molar-refractivity contribution in [2.75, 3.05) is 14.1 Å². The van der Waals surface area contributed by atoms with Crippen molar-refractivity contribution in [3.05, 3.63) is 123 Å². The van der Waals surface area contributed by atoms with Crippen LogP contribution >= 0.6 is 0 Å². The van der Waals surface area contributed by atoms with Gasteiger partial charge >= 0.3 is 0 Å². The van der Waals surface area contributed by atoms with Crippen LogP contribution in [0.15, 0.2) is 78.9 Å². The van der Waals surface area contributed by atoms with E-state index in [4.69, 9.17) is 15.2 Å². The van der Waals surface area contributed by atoms with E-state index in [1.54, 1.807) is 64.0 Å². The molecule has 22 heteroatoms. The van der Waals surface area contributed by atoms with E-state index in [0.29, 0.717) is 29.4 Å². The molecule has 0 saturated heterocycles. The van der Waals surface area contributed by atoms with Gasteiger partial charge in [0.25, 0.3) is 0 Å². The first-order chi connectivity index (χ1) is 37.8. The number of hydrogen-bond donors (Lipinski definition) is 11. The normalized spacial score (nSPS) is 22.5. The van der Waals surface area contributed by atoms with Gasteiger partial charge in [0.15, 0.2) is 0 Å². The van der Waals surface area contributed by atoms with Crippen LogP contribution in [0.1, 0.15) is 108 Å². The van der Waals surface area contributed by atoms with E-state index in [2.05, 4.69) is 31.9 Å². The third-order valence-corrected chi connectivity index (χ3v) is 14.6. The maximum absolute atomic E-state index is 15.5. The van der Waals surface area contributed by atoms with Crippen LogP contribution in [-0.4, -0.2) is 111 Å². The Hall–Kier alpha value is -9.02. The van der Waals surface area contributed by atoms with Crippen molar-refractivity contribution in [3.8, 4) is 51.4 Å². The first kappa shape index (κ1) is 57.2. The molecule has 7 amide bonds. The van der Waals surface area contributed by atoms with Crippen LogP contribution in [0.3, 0.4) is 0 Å². The Morgan fingerprint density at radius 3 is 1.89 bits per heavy atom. The van der Waals surface area contributed by atoms with E-state index in [0.717, 1.165) is 6.07 Å². The Balaban J connectivity index is 1.34. The standard InChI is InChI=1S/C58H64N8O14/c1-25(2)15-40(66(7)8)54(74)65-50-52(72)32-11-14-44(27(4)17-32)80-35-19-33-18-34(21-35)79-43-13-10-30(16-26(43)3)28(5)47-55(75)61-39(24-67)36-22-42(69)29(6)51(71)46(36)37-20-31(9-12-41(37)68)48(56(76)62-47)64-57(77)49(33)63-53(73)38(23-45(59)70)60-58(50)78/h9-14,16-22,24-25,28,38-40,47-50,52,68-69,71-72H,15,23H2,1-8H3,(H2,59,70)(H,60,78)(H,61,75)(H,62,76)(H,63,73)(H,64,77)(H,65,74). The van der Waals surface area contributed by atoms with Crippen molar-refractivity contribution in [3.63, 3.8) is 0 Å². The molecule has 5 heterocycles. The summed E-state index contributed by atoms with van der Waals surface area (Å²) in [6, 6.07) is 7.48. The molecule has 5 aliphatic heterocycles. The number of likely N-dealkylation sites (N-methyl/N-ethyl adjacent to an activating group) is 1. The number of nitrogens with one attached hydrogen (secondary N) is 6. The second-order valence-corrected chi connectivity index (χ2v) is 21.2. The molecule has 0 aromatic heterocycles. The molecule has 11 bridgehead atoms. The SMILES string of the molecule is Cc1cc2ccc1Oc1cc3cc(c1)C(NC(=O)C(CC(N)=O)NC(=O)C(NC(=O)C(CC(C)C)N(C)C)C(O)c1ccc(c(C)c1)O3)C(=O)NC1C(=O)NC(C(=O)NC(C=O)c3cc(O)c(C)c(O)c3-c3cc1ccc3O)C2C. The monoisotopic (exact) mass is 1100 g/mol. The van der Waals surface area contributed by atoms with Crippen molar-refractivity contribution in [2.45, 2.75) is 109 Å². The first-order valence-corrected chi connectivity index (χ1v) is 25.8. The Labute approximate surface area is 460 Å². The summed E-state index contributed by atoms with van der Waals surface area (Å²) >= 11 is 0. The highest BCUT2D eigenvalue weighted by atomic mass is 16.5. The highest BCUT2D eigenvalue weighted by Crippen LogP contribution is 2.46. The summed E-state index contributed by atoms with van der Waals surface area (Å²) < 4.78 is 13.0. The third kappa shape index (κ3) is 11.9. The smallest absolute Gasteiger partial charge is 0.248 e. The summed E-state index contributed by atoms with van der Waals surface area (Å²) in [5, 5.41) is 62.0. The number of nitrogens with two attached hydrogens (primary N) is 1. The number of phenols is 3. The molecular formula is C58H64N8O14. The van der Waals surface area contributed by atoms with Crippen LogP contribution in [0.5, 0.6) is 40.2 Å². The number of carbonyl (C=O) groups excluding carboxylic acids is 8. The largest absolute Gasteiger partial charge is 0.508 e. The number of carbonyl (C=O) groups is 8. The number of nitrogens with zero attached hydrogens (tertiary/aromatic N) is 1. The van der Waals surface area contributed by atoms with E-state index in [1.165, 1.54) is 55.5 Å². The number of rotatable bonds is 8. The molecule has 0 radical (unpaired) electrons. The van der Waals surface area contributed by atoms with Crippen molar-refractivity contribution in [1.82, 2.24) is 36.8 Å². The number of ether oxygens (including phenoxy) is 2. The Morgan fingerprint density at radius 2 is 1.29 bits per heavy atom. The van der Waals surface area contributed by atoms with Crippen molar-refractivity contribution >= 4 is 47.6 Å². The fourth-order valence-corrected chi connectivity index (χ4v) is 10.2. The molecule has 5 aromatic carbocycles. The van der Waals surface area contributed by atoms with Gasteiger partial charge in [0.05, 0.1) is 12.5 Å². The minimum atomic E-state index is -1.90. The molecule has 5 aromatic rings. The van der Waals surface area contributed by atoms with E-state index < -0.39 is 119 Å². The predicted octanol–water partition coefficient (Wildman–Crippen LogP) is 3.84. The lowest BCUT2D eigenvalue weighted by molar-refractivity contribution is -0.138. The topological polar surface area (TPSA) is 337 Å². The Bertz CT molecular complexity index is 3340. The van der Waals surface area contributed by atoms with Crippen LogP contribution in [-0.2, 0) is 38.4 Å². The zero-order valence-electron chi connectivity index (χ0n) is 45.2. The molecule has 12 N–H and O–H groups in total. The molecule has 420 valence electrons. The zero-order valence-corrected chi connectivity index (χ0v) is 45.2. The number of primary amides is 1. The van der Waals surface area contributed by atoms with Crippen LogP contribution in [0, 0.1) is 26.7 Å². The molecule has 9 atom stereocenters. The van der Waals surface area contributed by atoms with Gasteiger partial charge < -0.3 is 72.3 Å². The lowest BCUT2D eigenvalue weighted by atomic mass is 9.87. The van der Waals surface area contributed by atoms with Gasteiger partial charge in [-0.15, -0.1) is 0 Å². The molecule has 0 spiro atoms. The molecule has 0 fully saturated rings. The van der Waals surface area contributed by atoms with Gasteiger partial charge in [-0.25, -0.2) is 0 Å². The number of aliphatic hydroxyl groups is 1. The maximum Gasteiger partial charge on any atom is 0.248 e. The second kappa shape index (κ2) is 23.1. The summed E-state index contributed by atoms with van der Waals surface area (Å²) in [5.74, 6) is -8.79. The number of aldehydes is 1. The lowest BCUT2D eigenvalue weighted by Crippen LogP contribution is -2.59. The number of amides is 7. The highest BCUT2D eigenvalue weighted by molar-refractivity contribution is 6.00. The zero-order chi connectivity index (χ0) is 58.2. The molecular weight excluding hydrogens is 1030 g/mol. The van der Waals surface area contributed by atoms with Crippen molar-refractivity contribution in [1.29, 1.82) is 0 Å². The number of phenolic OH excluding ortho intramolecular Hbond substituents is 3. The summed E-state index contributed by atoms with van der Waals surface area (Å²) in [6.07, 6.45) is -1.90. The van der Waals surface area contributed by atoms with E-state index in [-0.39, 0.29) is 67.9 Å². The third-order valence-electron chi connectivity index (χ3n) is 14.6. The number of aryl methyl sites for hydroxylation is 2. The Kier molecular flexibility index (Phi) is 16.5. The quantitative estimate of drug-likeness (QED) is 0.0984. The van der Waals surface area contributed by atoms with Crippen LogP contribution < -0.4 is 47.1 Å². The number of benzene rings is 5. The second-order valence-electron chi connectivity index (χ2n) is 21.2. The summed E-state index contributed by atoms with van der Waals surface area (Å²) in [5.41, 5.74) is 6.66. The van der Waals surface area contributed by atoms with Crippen molar-refractivity contribution < 1.29 is 68.3 Å². The Morgan fingerprint density at radius 1 is 0.700 bits per heavy atom. The molecule has 80 heavy (non-hydrogen) atoms. The van der Waals surface area contributed by atoms with Crippen LogP contribution in [0.4, 0.5) is 0 Å². The molecule has 22 nitrogen and oxygen atoms in total. The van der Waals surface area contributed by atoms with Gasteiger partial charge in [-0.2, -0.15) is 0 Å². The molecule has 0 saturated carbocycles. The fourth-order valence-electron chi connectivity index (χ4n) is 10.2. The van der Waals surface area contributed by atoms with Gasteiger partial charge in [0.1, 0.15) is 88.9 Å². The summed E-state index contributed by atoms with van der Waals surface area (Å²) in [4.78, 5) is 116. The minimum Gasteiger partial charge on any atom is -0.508 e. The molecule has 5 aliphatic rings. The average molecular weight is 1100 g/mol. The molecule has 0 aliphatic carbocycles. The number of fused-ring (bicyclic) bond motifs is 15. The van der Waals surface area contributed by atoms with Gasteiger partial charge in [-0.3, -0.25) is 38.5 Å². The van der Waals surface area contributed by atoms with E-state index in [1.807, 2.05) is 13.8 Å². The first-order valence-electron chi connectivity index (χ1n) is 25.8. The van der Waals surface area contributed by atoms with Gasteiger partial charge in [-0.05, 0) is 135 Å². The molecule has 9 unspecified atom stereocenters. The van der Waals surface area contributed by atoms with Gasteiger partial charge in [-0.1, -0.05) is 45.0 Å². The minimum absolute atomic E-state index is 0.0294. The van der Waals surface area contributed by atoms with E-state index in [9.17, 15) is 49.2 Å². The molecule has 10 rings (SSSR count). The highest BCUT2D eigenvalue weighted by Gasteiger charge is 2.40. The number of aliphatic hydroxyl groups excluding tert-OH is 1. The summed E-state index contributed by atoms with van der Waals surface area (Å²) in [7, 11) is 3.36. The predicted molar refractivity (Wildman–Crippen MR) is 289 cm³/mol. The maximum atomic E-state index is 15.5. The van der Waals surface area contributed by atoms with Crippen molar-refractivity contribution in [2.24, 2.45) is 11.7 Å². The number of hydrogen-bond acceptors (Lipinski definition) is 15. The summed E-state index contributed by atoms with van der Waals surface area (Å²) in [6.45, 7) is 10.2.